The zero-order valence-electron chi connectivity index (χ0n) is 21.3. The van der Waals surface area contributed by atoms with Gasteiger partial charge >= 0.3 is 12.2 Å². The summed E-state index contributed by atoms with van der Waals surface area (Å²) in [6.07, 6.45) is -0.0789. The summed E-state index contributed by atoms with van der Waals surface area (Å²) in [7, 11) is 0. The van der Waals surface area contributed by atoms with Gasteiger partial charge in [0.1, 0.15) is 24.1 Å². The van der Waals surface area contributed by atoms with Crippen molar-refractivity contribution < 1.29 is 28.9 Å². The van der Waals surface area contributed by atoms with Crippen LogP contribution in [0.3, 0.4) is 0 Å². The summed E-state index contributed by atoms with van der Waals surface area (Å²) < 4.78 is 16.9. The molecule has 2 aliphatic heterocycles. The third kappa shape index (κ3) is 6.91. The van der Waals surface area contributed by atoms with Crippen LogP contribution in [0.4, 0.5) is 9.59 Å². The second kappa shape index (κ2) is 11.2. The normalized spacial score (nSPS) is 22.3. The van der Waals surface area contributed by atoms with Gasteiger partial charge in [-0.1, -0.05) is 42.5 Å². The first-order valence-corrected chi connectivity index (χ1v) is 12.6. The summed E-state index contributed by atoms with van der Waals surface area (Å²) in [5, 5.41) is 10.8. The minimum Gasteiger partial charge on any atom is -0.489 e. The van der Waals surface area contributed by atoms with E-state index in [1.807, 2.05) is 75.4 Å². The first kappa shape index (κ1) is 25.8. The highest BCUT2D eigenvalue weighted by Crippen LogP contribution is 2.30. The Morgan fingerprint density at radius 2 is 1.58 bits per heavy atom. The summed E-state index contributed by atoms with van der Waals surface area (Å²) in [6.45, 7) is 7.65. The number of hydrogen-bond acceptors (Lipinski definition) is 6. The van der Waals surface area contributed by atoms with Crippen molar-refractivity contribution >= 4 is 12.2 Å². The molecule has 2 amide bonds. The van der Waals surface area contributed by atoms with Gasteiger partial charge in [0, 0.05) is 25.4 Å². The molecule has 2 aliphatic rings. The molecule has 0 aromatic heterocycles. The molecule has 0 saturated carbocycles. The molecule has 1 N–H and O–H groups in total. The van der Waals surface area contributed by atoms with Crippen LogP contribution in [0, 0.1) is 0 Å². The van der Waals surface area contributed by atoms with Gasteiger partial charge in [0.05, 0.1) is 19.2 Å². The van der Waals surface area contributed by atoms with Crippen molar-refractivity contribution in [2.75, 3.05) is 26.2 Å². The van der Waals surface area contributed by atoms with E-state index in [1.165, 1.54) is 0 Å². The lowest BCUT2D eigenvalue weighted by atomic mass is 9.87. The van der Waals surface area contributed by atoms with Crippen molar-refractivity contribution in [3.05, 3.63) is 65.7 Å². The van der Waals surface area contributed by atoms with Crippen molar-refractivity contribution in [2.45, 2.75) is 63.9 Å². The average molecular weight is 497 g/mol. The second-order valence-corrected chi connectivity index (χ2v) is 10.5. The van der Waals surface area contributed by atoms with Gasteiger partial charge in [-0.2, -0.15) is 0 Å². The predicted octanol–water partition coefficient (Wildman–Crippen LogP) is 4.56. The molecule has 2 aromatic rings. The van der Waals surface area contributed by atoms with Gasteiger partial charge in [0.15, 0.2) is 0 Å². The Bertz CT molecular complexity index is 1020. The molecule has 0 bridgehead atoms. The summed E-state index contributed by atoms with van der Waals surface area (Å²) in [4.78, 5) is 28.0. The Hall–Kier alpha value is -3.26. The Morgan fingerprint density at radius 3 is 2.25 bits per heavy atom. The lowest BCUT2D eigenvalue weighted by Gasteiger charge is -2.35. The number of carbonyl (C=O) groups excluding carboxylic acids is 2. The van der Waals surface area contributed by atoms with Gasteiger partial charge in [-0.25, -0.2) is 9.59 Å². The fourth-order valence-corrected chi connectivity index (χ4v) is 4.60. The van der Waals surface area contributed by atoms with E-state index < -0.39 is 17.8 Å². The van der Waals surface area contributed by atoms with Crippen molar-refractivity contribution in [3.63, 3.8) is 0 Å². The van der Waals surface area contributed by atoms with Crippen molar-refractivity contribution in [2.24, 2.45) is 0 Å². The number of carbonyl (C=O) groups is 2. The summed E-state index contributed by atoms with van der Waals surface area (Å²) in [6, 6.07) is 17.3. The number of ether oxygens (including phenoxy) is 3. The van der Waals surface area contributed by atoms with Crippen LogP contribution in [0.25, 0.3) is 0 Å². The monoisotopic (exact) mass is 496 g/mol. The number of aliphatic hydroxyl groups excluding tert-OH is 1. The molecular formula is C28H36N2O6. The molecule has 8 heteroatoms. The van der Waals surface area contributed by atoms with E-state index in [1.54, 1.807) is 9.80 Å². The number of piperidine rings is 1. The van der Waals surface area contributed by atoms with Crippen LogP contribution < -0.4 is 4.74 Å². The number of aliphatic hydroxyl groups is 1. The maximum atomic E-state index is 12.4. The standard InChI is InChI=1S/C28H36N2O6/c1-28(2,3)36-27(33)29-15-13-23(17-29)35-22-11-9-21(10-12-22)24-14-16-30(18-25(24)31)26(32)34-19-20-7-5-4-6-8-20/h4-12,23-25,31H,13-19H2,1-3H3/t23-,24?,25?/m0/s1. The molecule has 4 rings (SSSR count). The SMILES string of the molecule is CC(C)(C)OC(=O)N1CC[C@H](Oc2ccc(C3CCN(C(=O)OCc4ccccc4)CC3O)cc2)C1. The van der Waals surface area contributed by atoms with Crippen LogP contribution >= 0.6 is 0 Å². The first-order valence-electron chi connectivity index (χ1n) is 12.6. The maximum Gasteiger partial charge on any atom is 0.410 e. The second-order valence-electron chi connectivity index (χ2n) is 10.5. The van der Waals surface area contributed by atoms with E-state index in [0.717, 1.165) is 23.3 Å². The van der Waals surface area contributed by atoms with Crippen molar-refractivity contribution in [1.29, 1.82) is 0 Å². The molecule has 194 valence electrons. The smallest absolute Gasteiger partial charge is 0.410 e. The number of likely N-dealkylation sites (tertiary alicyclic amines) is 2. The van der Waals surface area contributed by atoms with Gasteiger partial charge < -0.3 is 29.1 Å². The molecule has 2 saturated heterocycles. The van der Waals surface area contributed by atoms with Gasteiger partial charge in [-0.05, 0) is 50.5 Å². The lowest BCUT2D eigenvalue weighted by Crippen LogP contribution is -2.45. The van der Waals surface area contributed by atoms with Gasteiger partial charge in [-0.3, -0.25) is 0 Å². The molecule has 0 spiro atoms. The van der Waals surface area contributed by atoms with Gasteiger partial charge in [-0.15, -0.1) is 0 Å². The number of benzene rings is 2. The summed E-state index contributed by atoms with van der Waals surface area (Å²) in [5.74, 6) is 0.664. The van der Waals surface area contributed by atoms with E-state index in [9.17, 15) is 14.7 Å². The fraction of sp³-hybridized carbons (Fsp3) is 0.500. The highest BCUT2D eigenvalue weighted by molar-refractivity contribution is 5.68. The van der Waals surface area contributed by atoms with Crippen LogP contribution in [0.15, 0.2) is 54.6 Å². The summed E-state index contributed by atoms with van der Waals surface area (Å²) in [5.41, 5.74) is 1.42. The zero-order valence-corrected chi connectivity index (χ0v) is 21.3. The number of nitrogens with zero attached hydrogens (tertiary/aromatic N) is 2. The Kier molecular flexibility index (Phi) is 8.04. The number of rotatable bonds is 5. The third-order valence-corrected chi connectivity index (χ3v) is 6.45. The van der Waals surface area contributed by atoms with Crippen LogP contribution in [0.2, 0.25) is 0 Å². The molecule has 2 heterocycles. The summed E-state index contributed by atoms with van der Waals surface area (Å²) >= 11 is 0. The van der Waals surface area contributed by atoms with Gasteiger partial charge in [0.2, 0.25) is 0 Å². The predicted molar refractivity (Wildman–Crippen MR) is 135 cm³/mol. The van der Waals surface area contributed by atoms with E-state index in [-0.39, 0.29) is 31.3 Å². The molecule has 2 fully saturated rings. The topological polar surface area (TPSA) is 88.5 Å². The zero-order chi connectivity index (χ0) is 25.7. The average Bonchev–Trinajstić information content (AvgIpc) is 3.31. The largest absolute Gasteiger partial charge is 0.489 e. The minimum atomic E-state index is -0.674. The molecular weight excluding hydrogens is 460 g/mol. The van der Waals surface area contributed by atoms with Crippen LogP contribution in [0.5, 0.6) is 5.75 Å². The quantitative estimate of drug-likeness (QED) is 0.653. The molecule has 0 aliphatic carbocycles. The van der Waals surface area contributed by atoms with Crippen molar-refractivity contribution in [3.8, 4) is 5.75 Å². The molecule has 8 nitrogen and oxygen atoms in total. The molecule has 0 radical (unpaired) electrons. The molecule has 36 heavy (non-hydrogen) atoms. The minimum absolute atomic E-state index is 0.0636. The maximum absolute atomic E-state index is 12.4. The number of amides is 2. The molecule has 2 unspecified atom stereocenters. The fourth-order valence-electron chi connectivity index (χ4n) is 4.60. The van der Waals surface area contributed by atoms with E-state index in [0.29, 0.717) is 26.1 Å². The number of hydrogen-bond donors (Lipinski definition) is 1. The van der Waals surface area contributed by atoms with Crippen molar-refractivity contribution in [1.82, 2.24) is 9.80 Å². The Morgan fingerprint density at radius 1 is 0.917 bits per heavy atom. The van der Waals surface area contributed by atoms with E-state index in [2.05, 4.69) is 0 Å². The van der Waals surface area contributed by atoms with Crippen LogP contribution in [-0.4, -0.2) is 71.1 Å². The van der Waals surface area contributed by atoms with E-state index in [4.69, 9.17) is 14.2 Å². The molecule has 3 atom stereocenters. The van der Waals surface area contributed by atoms with E-state index >= 15 is 0 Å². The Balaban J connectivity index is 1.24. The number of β-amino-alcohol motifs (C(OH)–C–C–N with tert-alkyl or cyclic N) is 1. The first-order chi connectivity index (χ1) is 17.2. The highest BCUT2D eigenvalue weighted by atomic mass is 16.6. The Labute approximate surface area is 212 Å². The van der Waals surface area contributed by atoms with Crippen LogP contribution in [0.1, 0.15) is 50.7 Å². The lowest BCUT2D eigenvalue weighted by molar-refractivity contribution is 0.0275. The van der Waals surface area contributed by atoms with Gasteiger partial charge in [0.25, 0.3) is 0 Å². The highest BCUT2D eigenvalue weighted by Gasteiger charge is 2.33. The van der Waals surface area contributed by atoms with Crippen LogP contribution in [-0.2, 0) is 16.1 Å². The third-order valence-electron chi connectivity index (χ3n) is 6.45. The molecule has 2 aromatic carbocycles.